The molecule has 0 atom stereocenters. The molecule has 0 aliphatic heterocycles. The Kier molecular flexibility index (Phi) is 7.65. The molecule has 0 saturated heterocycles. The van der Waals surface area contributed by atoms with Crippen LogP contribution in [-0.4, -0.2) is 0 Å². The molecule has 184 valence electrons. The first kappa shape index (κ1) is 25.9. The molecule has 0 N–H and O–H groups in total. The van der Waals surface area contributed by atoms with Crippen LogP contribution in [0, 0.1) is 11.6 Å². The lowest BCUT2D eigenvalue weighted by Gasteiger charge is -2.35. The first-order valence-corrected chi connectivity index (χ1v) is 14.6. The molecule has 0 bridgehead atoms. The molecular formula is C31H21Cl3F2P+. The van der Waals surface area contributed by atoms with Gasteiger partial charge in [-0.2, -0.15) is 0 Å². The maximum atomic E-state index is 14.1. The van der Waals surface area contributed by atoms with Crippen LogP contribution in [0.25, 0.3) is 0 Å². The number of halogens is 5. The van der Waals surface area contributed by atoms with Crippen LogP contribution < -0.4 is 15.9 Å². The van der Waals surface area contributed by atoms with Gasteiger partial charge in [-0.05, 0) is 108 Å². The fourth-order valence-corrected chi connectivity index (χ4v) is 10.1. The van der Waals surface area contributed by atoms with Crippen molar-refractivity contribution in [3.63, 3.8) is 0 Å². The van der Waals surface area contributed by atoms with Gasteiger partial charge in [-0.1, -0.05) is 59.1 Å². The molecule has 37 heavy (non-hydrogen) atoms. The van der Waals surface area contributed by atoms with E-state index in [0.717, 1.165) is 27.0 Å². The van der Waals surface area contributed by atoms with Crippen LogP contribution >= 0.6 is 42.1 Å². The van der Waals surface area contributed by atoms with Crippen molar-refractivity contribution in [3.05, 3.63) is 159 Å². The van der Waals surface area contributed by atoms with E-state index in [1.54, 1.807) is 24.3 Å². The number of rotatable bonds is 6. The van der Waals surface area contributed by atoms with Crippen LogP contribution in [0.4, 0.5) is 8.78 Å². The average molecular weight is 569 g/mol. The summed E-state index contributed by atoms with van der Waals surface area (Å²) in [5.74, 6) is -0.648. The van der Waals surface area contributed by atoms with Crippen LogP contribution in [0.1, 0.15) is 16.8 Å². The van der Waals surface area contributed by atoms with Gasteiger partial charge in [0.05, 0.1) is 0 Å². The molecule has 0 radical (unpaired) electrons. The van der Waals surface area contributed by atoms with Gasteiger partial charge in [0.15, 0.2) is 0 Å². The minimum absolute atomic E-state index is 0.280. The summed E-state index contributed by atoms with van der Waals surface area (Å²) in [5.41, 5.74) is 1.53. The van der Waals surface area contributed by atoms with Crippen molar-refractivity contribution < 1.29 is 8.78 Å². The van der Waals surface area contributed by atoms with Gasteiger partial charge >= 0.3 is 0 Å². The zero-order valence-electron chi connectivity index (χ0n) is 19.5. The van der Waals surface area contributed by atoms with Gasteiger partial charge in [0.25, 0.3) is 0 Å². The van der Waals surface area contributed by atoms with E-state index in [0.29, 0.717) is 15.1 Å². The Labute approximate surface area is 230 Å². The number of hydrogen-bond donors (Lipinski definition) is 0. The summed E-state index contributed by atoms with van der Waals surface area (Å²) in [6.07, 6.45) is 0. The third-order valence-electron chi connectivity index (χ3n) is 6.46. The van der Waals surface area contributed by atoms with Gasteiger partial charge < -0.3 is 0 Å². The van der Waals surface area contributed by atoms with E-state index in [2.05, 4.69) is 0 Å². The summed E-state index contributed by atoms with van der Waals surface area (Å²) in [4.78, 5) is 0. The molecule has 5 aromatic carbocycles. The quantitative estimate of drug-likeness (QED) is 0.179. The van der Waals surface area contributed by atoms with E-state index in [1.807, 2.05) is 72.8 Å². The van der Waals surface area contributed by atoms with E-state index >= 15 is 0 Å². The monoisotopic (exact) mass is 567 g/mol. The van der Waals surface area contributed by atoms with Crippen molar-refractivity contribution in [2.75, 3.05) is 0 Å². The predicted octanol–water partition coefficient (Wildman–Crippen LogP) is 9.01. The second-order valence-corrected chi connectivity index (χ2v) is 13.5. The third-order valence-corrected chi connectivity index (χ3v) is 11.9. The fourth-order valence-electron chi connectivity index (χ4n) is 4.85. The lowest BCUT2D eigenvalue weighted by Crippen LogP contribution is -2.35. The molecular weight excluding hydrogens is 548 g/mol. The van der Waals surface area contributed by atoms with Gasteiger partial charge in [-0.15, -0.1) is 0 Å². The lowest BCUT2D eigenvalue weighted by atomic mass is 10.0. The van der Waals surface area contributed by atoms with Crippen molar-refractivity contribution in [2.24, 2.45) is 0 Å². The van der Waals surface area contributed by atoms with Crippen molar-refractivity contribution in [2.45, 2.75) is 5.66 Å². The minimum Gasteiger partial charge on any atom is -0.207 e. The van der Waals surface area contributed by atoms with Crippen LogP contribution in [0.3, 0.4) is 0 Å². The maximum Gasteiger partial charge on any atom is 0.134 e. The van der Waals surface area contributed by atoms with Crippen LogP contribution in [-0.2, 0) is 0 Å². The smallest absolute Gasteiger partial charge is 0.134 e. The molecule has 0 aliphatic carbocycles. The molecule has 0 unspecified atom stereocenters. The summed E-state index contributed by atoms with van der Waals surface area (Å²) in [5, 5.41) is 5.03. The van der Waals surface area contributed by atoms with Gasteiger partial charge in [-0.3, -0.25) is 0 Å². The summed E-state index contributed by atoms with van der Waals surface area (Å²) in [6, 6.07) is 36.6. The van der Waals surface area contributed by atoms with E-state index in [-0.39, 0.29) is 17.3 Å². The van der Waals surface area contributed by atoms with Gasteiger partial charge in [-0.25, -0.2) is 8.78 Å². The average Bonchev–Trinajstić information content (AvgIpc) is 2.91. The van der Waals surface area contributed by atoms with Crippen molar-refractivity contribution in [1.29, 1.82) is 0 Å². The Morgan fingerprint density at radius 1 is 0.405 bits per heavy atom. The Morgan fingerprint density at radius 2 is 0.676 bits per heavy atom. The molecule has 0 fully saturated rings. The zero-order valence-corrected chi connectivity index (χ0v) is 22.6. The van der Waals surface area contributed by atoms with Crippen molar-refractivity contribution >= 4 is 58.0 Å². The second kappa shape index (κ2) is 10.9. The largest absolute Gasteiger partial charge is 0.207 e. The number of benzene rings is 5. The summed E-state index contributed by atoms with van der Waals surface area (Å²) in [6.45, 7) is 0. The first-order chi connectivity index (χ1) is 17.9. The Hall–Kier alpha value is -2.74. The zero-order chi connectivity index (χ0) is 26.0. The van der Waals surface area contributed by atoms with Crippen molar-refractivity contribution in [1.82, 2.24) is 0 Å². The third kappa shape index (κ3) is 5.17. The summed E-state index contributed by atoms with van der Waals surface area (Å²) in [7, 11) is -2.62. The molecule has 0 aliphatic rings. The molecule has 0 amide bonds. The van der Waals surface area contributed by atoms with E-state index < -0.39 is 7.26 Å². The Balaban J connectivity index is 1.95. The van der Waals surface area contributed by atoms with Crippen molar-refractivity contribution in [3.8, 4) is 0 Å². The second-order valence-electron chi connectivity index (χ2n) is 8.66. The molecule has 0 heterocycles. The van der Waals surface area contributed by atoms with Crippen LogP contribution in [0.2, 0.25) is 15.1 Å². The maximum absolute atomic E-state index is 14.1. The molecule has 0 aromatic heterocycles. The highest BCUT2D eigenvalue weighted by Gasteiger charge is 2.54. The van der Waals surface area contributed by atoms with Gasteiger partial charge in [0.1, 0.15) is 40.5 Å². The highest BCUT2D eigenvalue weighted by molar-refractivity contribution is 7.96. The Bertz CT molecular complexity index is 1330. The highest BCUT2D eigenvalue weighted by Crippen LogP contribution is 2.69. The molecule has 6 heteroatoms. The topological polar surface area (TPSA) is 0 Å². The van der Waals surface area contributed by atoms with E-state index in [9.17, 15) is 8.78 Å². The minimum atomic E-state index is -2.62. The predicted molar refractivity (Wildman–Crippen MR) is 155 cm³/mol. The fraction of sp³-hybridized carbons (Fsp3) is 0.0323. The lowest BCUT2D eigenvalue weighted by molar-refractivity contribution is 0.626. The first-order valence-electron chi connectivity index (χ1n) is 11.6. The Morgan fingerprint density at radius 3 is 0.946 bits per heavy atom. The van der Waals surface area contributed by atoms with Gasteiger partial charge in [0.2, 0.25) is 0 Å². The highest BCUT2D eigenvalue weighted by atomic mass is 35.5. The van der Waals surface area contributed by atoms with Crippen LogP contribution in [0.5, 0.6) is 0 Å². The summed E-state index contributed by atoms with van der Waals surface area (Å²) >= 11 is 19.0. The SMILES string of the molecule is Fc1ccc(C(c2ccc(F)cc2)[P+](c2ccc(Cl)cc2)(c2ccc(Cl)cc2)c2ccc(Cl)cc2)cc1. The number of hydrogen-bond acceptors (Lipinski definition) is 0. The van der Waals surface area contributed by atoms with E-state index in [1.165, 1.54) is 24.3 Å². The standard InChI is InChI=1S/C31H21Cl3F2P/c32-23-5-15-28(16-6-23)37(29-17-7-24(33)8-18-29,30-19-9-25(34)10-20-30)31(21-1-11-26(35)12-2-21)22-3-13-27(36)14-4-22/h1-20,31H/q+1. The van der Waals surface area contributed by atoms with E-state index in [4.69, 9.17) is 34.8 Å². The summed E-state index contributed by atoms with van der Waals surface area (Å²) < 4.78 is 28.2. The normalized spacial score (nSPS) is 11.6. The van der Waals surface area contributed by atoms with Gasteiger partial charge in [0, 0.05) is 15.1 Å². The molecule has 0 saturated carbocycles. The molecule has 5 aromatic rings. The molecule has 5 rings (SSSR count). The molecule has 0 nitrogen and oxygen atoms in total. The van der Waals surface area contributed by atoms with Crippen LogP contribution in [0.15, 0.2) is 121 Å². The molecule has 0 spiro atoms.